The number of aryl methyl sites for hydroxylation is 1. The van der Waals surface area contributed by atoms with Crippen molar-refractivity contribution >= 4 is 17.5 Å². The van der Waals surface area contributed by atoms with Gasteiger partial charge in [-0.05, 0) is 43.1 Å². The van der Waals surface area contributed by atoms with Gasteiger partial charge in [-0.3, -0.25) is 4.79 Å². The van der Waals surface area contributed by atoms with Gasteiger partial charge >= 0.3 is 0 Å². The molecule has 4 rings (SSSR count). The predicted molar refractivity (Wildman–Crippen MR) is 125 cm³/mol. The third-order valence-corrected chi connectivity index (χ3v) is 6.04. The summed E-state index contributed by atoms with van der Waals surface area (Å²) in [5.74, 6) is 2.33. The number of nitrogens with one attached hydrogen (secondary N) is 2. The summed E-state index contributed by atoms with van der Waals surface area (Å²) in [4.78, 5) is 21.1. The Hall–Kier alpha value is -2.94. The molecule has 1 atom stereocenters. The molecule has 0 aromatic carbocycles. The molecule has 0 aliphatic heterocycles. The Balaban J connectivity index is 1.46. The predicted octanol–water partition coefficient (Wildman–Crippen LogP) is 2.91. The van der Waals surface area contributed by atoms with E-state index in [1.165, 1.54) is 18.4 Å². The van der Waals surface area contributed by atoms with Crippen LogP contribution in [0.2, 0.25) is 0 Å². The van der Waals surface area contributed by atoms with E-state index in [1.807, 2.05) is 18.5 Å². The van der Waals surface area contributed by atoms with Gasteiger partial charge in [0, 0.05) is 44.6 Å². The molecule has 0 spiro atoms. The molecular weight excluding hydrogens is 406 g/mol. The van der Waals surface area contributed by atoms with Crippen LogP contribution in [0, 0.1) is 5.92 Å². The highest BCUT2D eigenvalue weighted by atomic mass is 16.3. The van der Waals surface area contributed by atoms with Crippen molar-refractivity contribution in [1.29, 1.82) is 0 Å². The Bertz CT molecular complexity index is 1100. The van der Waals surface area contributed by atoms with Gasteiger partial charge < -0.3 is 20.3 Å². The number of hydrogen-bond acceptors (Lipinski definition) is 7. The highest BCUT2D eigenvalue weighted by molar-refractivity contribution is 5.56. The zero-order valence-corrected chi connectivity index (χ0v) is 18.9. The van der Waals surface area contributed by atoms with E-state index in [-0.39, 0.29) is 12.2 Å². The van der Waals surface area contributed by atoms with Crippen molar-refractivity contribution in [1.82, 2.24) is 24.1 Å². The SMILES string of the molecule is C[C@H](CCO)CCCCNc1nc(NCc2ccc(=O)n(C)c2)n2ncc(C3CC3)c2n1. The van der Waals surface area contributed by atoms with Crippen molar-refractivity contribution in [2.24, 2.45) is 13.0 Å². The van der Waals surface area contributed by atoms with Crippen LogP contribution in [0.15, 0.2) is 29.3 Å². The zero-order valence-electron chi connectivity index (χ0n) is 18.9. The number of pyridine rings is 1. The number of fused-ring (bicyclic) bond motifs is 1. The number of anilines is 2. The van der Waals surface area contributed by atoms with Crippen molar-refractivity contribution in [2.75, 3.05) is 23.8 Å². The summed E-state index contributed by atoms with van der Waals surface area (Å²) < 4.78 is 3.34. The van der Waals surface area contributed by atoms with E-state index in [0.29, 0.717) is 30.3 Å². The zero-order chi connectivity index (χ0) is 22.5. The lowest BCUT2D eigenvalue weighted by atomic mass is 10.0. The van der Waals surface area contributed by atoms with Crippen LogP contribution in [0.3, 0.4) is 0 Å². The minimum Gasteiger partial charge on any atom is -0.396 e. The summed E-state index contributed by atoms with van der Waals surface area (Å²) in [5, 5.41) is 20.3. The summed E-state index contributed by atoms with van der Waals surface area (Å²) in [5.41, 5.74) is 2.99. The van der Waals surface area contributed by atoms with E-state index in [9.17, 15) is 4.79 Å². The summed E-state index contributed by atoms with van der Waals surface area (Å²) in [6.45, 7) is 3.77. The Kier molecular flexibility index (Phi) is 7.04. The van der Waals surface area contributed by atoms with Gasteiger partial charge in [0.25, 0.3) is 0 Å². The Morgan fingerprint density at radius 1 is 1.19 bits per heavy atom. The van der Waals surface area contributed by atoms with E-state index in [4.69, 9.17) is 10.1 Å². The molecule has 0 saturated heterocycles. The fourth-order valence-electron chi connectivity index (χ4n) is 3.89. The molecule has 9 nitrogen and oxygen atoms in total. The van der Waals surface area contributed by atoms with Gasteiger partial charge in [-0.2, -0.15) is 19.6 Å². The molecule has 3 aromatic rings. The molecule has 1 saturated carbocycles. The maximum atomic E-state index is 11.6. The number of hydrogen-bond donors (Lipinski definition) is 3. The highest BCUT2D eigenvalue weighted by Gasteiger charge is 2.28. The van der Waals surface area contributed by atoms with Crippen molar-refractivity contribution in [3.63, 3.8) is 0 Å². The molecule has 32 heavy (non-hydrogen) atoms. The summed E-state index contributed by atoms with van der Waals surface area (Å²) in [6, 6.07) is 3.39. The first-order valence-electron chi connectivity index (χ1n) is 11.5. The first kappa shape index (κ1) is 22.3. The van der Waals surface area contributed by atoms with Gasteiger partial charge in [-0.1, -0.05) is 25.8 Å². The maximum Gasteiger partial charge on any atom is 0.250 e. The molecule has 0 unspecified atom stereocenters. The van der Waals surface area contributed by atoms with Gasteiger partial charge in [0.15, 0.2) is 5.65 Å². The first-order valence-corrected chi connectivity index (χ1v) is 11.5. The second-order valence-electron chi connectivity index (χ2n) is 8.86. The van der Waals surface area contributed by atoms with E-state index in [2.05, 4.69) is 27.6 Å². The summed E-state index contributed by atoms with van der Waals surface area (Å²) >= 11 is 0. The number of aliphatic hydroxyl groups is 1. The Morgan fingerprint density at radius 2 is 2.03 bits per heavy atom. The smallest absolute Gasteiger partial charge is 0.250 e. The Morgan fingerprint density at radius 3 is 2.78 bits per heavy atom. The van der Waals surface area contributed by atoms with E-state index >= 15 is 0 Å². The fraction of sp³-hybridized carbons (Fsp3) is 0.565. The minimum absolute atomic E-state index is 0.0310. The normalized spacial score (nSPS) is 14.6. The number of aliphatic hydroxyl groups excluding tert-OH is 1. The van der Waals surface area contributed by atoms with Gasteiger partial charge in [-0.25, -0.2) is 0 Å². The van der Waals surface area contributed by atoms with Crippen molar-refractivity contribution in [3.8, 4) is 0 Å². The van der Waals surface area contributed by atoms with Crippen molar-refractivity contribution in [2.45, 2.75) is 57.9 Å². The van der Waals surface area contributed by atoms with Gasteiger partial charge in [0.1, 0.15) is 0 Å². The quantitative estimate of drug-likeness (QED) is 0.372. The average Bonchev–Trinajstić information content (AvgIpc) is 3.53. The van der Waals surface area contributed by atoms with Crippen molar-refractivity contribution < 1.29 is 5.11 Å². The van der Waals surface area contributed by atoms with E-state index in [0.717, 1.165) is 43.4 Å². The van der Waals surface area contributed by atoms with Gasteiger partial charge in [-0.15, -0.1) is 0 Å². The molecule has 1 aliphatic carbocycles. The summed E-state index contributed by atoms with van der Waals surface area (Å²) in [7, 11) is 1.75. The molecular formula is C23H33N7O2. The first-order chi connectivity index (χ1) is 15.5. The molecule has 1 fully saturated rings. The third-order valence-electron chi connectivity index (χ3n) is 6.04. The second kappa shape index (κ2) is 10.1. The van der Waals surface area contributed by atoms with Crippen LogP contribution in [-0.4, -0.2) is 42.4 Å². The molecule has 0 radical (unpaired) electrons. The minimum atomic E-state index is -0.0310. The lowest BCUT2D eigenvalue weighted by Gasteiger charge is -2.12. The average molecular weight is 440 g/mol. The van der Waals surface area contributed by atoms with Crippen molar-refractivity contribution in [3.05, 3.63) is 46.0 Å². The molecule has 3 aromatic heterocycles. The largest absolute Gasteiger partial charge is 0.396 e. The highest BCUT2D eigenvalue weighted by Crippen LogP contribution is 2.41. The van der Waals surface area contributed by atoms with Crippen LogP contribution in [0.5, 0.6) is 0 Å². The molecule has 3 N–H and O–H groups in total. The lowest BCUT2D eigenvalue weighted by Crippen LogP contribution is -2.17. The fourth-order valence-corrected chi connectivity index (χ4v) is 3.89. The molecule has 1 aliphatic rings. The topological polar surface area (TPSA) is 109 Å². The van der Waals surface area contributed by atoms with E-state index < -0.39 is 0 Å². The van der Waals surface area contributed by atoms with Gasteiger partial charge in [0.05, 0.1) is 6.20 Å². The Labute approximate surface area is 187 Å². The monoisotopic (exact) mass is 439 g/mol. The maximum absolute atomic E-state index is 11.6. The van der Waals surface area contributed by atoms with Crippen LogP contribution in [0.25, 0.3) is 5.65 Å². The molecule has 0 bridgehead atoms. The second-order valence-corrected chi connectivity index (χ2v) is 8.86. The molecule has 0 amide bonds. The summed E-state index contributed by atoms with van der Waals surface area (Å²) in [6.07, 6.45) is 10.2. The number of nitrogens with zero attached hydrogens (tertiary/aromatic N) is 5. The molecule has 9 heteroatoms. The number of rotatable bonds is 12. The molecule has 172 valence electrons. The molecule has 3 heterocycles. The van der Waals surface area contributed by atoms with E-state index in [1.54, 1.807) is 22.2 Å². The van der Waals surface area contributed by atoms with Crippen LogP contribution in [0.4, 0.5) is 11.9 Å². The third kappa shape index (κ3) is 5.45. The number of unbranched alkanes of at least 4 members (excludes halogenated alkanes) is 1. The van der Waals surface area contributed by atoms with Crippen LogP contribution in [0.1, 0.15) is 62.5 Å². The number of aromatic nitrogens is 5. The lowest BCUT2D eigenvalue weighted by molar-refractivity contribution is 0.257. The standard InChI is InChI=1S/C23H33N7O2/c1-16(10-12-31)5-3-4-11-24-22-27-21-19(18-7-8-18)14-26-30(21)23(28-22)25-13-17-6-9-20(32)29(2)15-17/h6,9,14-16,18,31H,3-5,7-8,10-13H2,1-2H3,(H2,24,25,27,28)/t16-/m0/s1. The van der Waals surface area contributed by atoms with Gasteiger partial charge in [0.2, 0.25) is 17.5 Å². The van der Waals surface area contributed by atoms with Crippen LogP contribution in [-0.2, 0) is 13.6 Å². The van der Waals surface area contributed by atoms with Crippen LogP contribution >= 0.6 is 0 Å². The van der Waals surface area contributed by atoms with Crippen LogP contribution < -0.4 is 16.2 Å².